The lowest BCUT2D eigenvalue weighted by molar-refractivity contribution is -0.119. The predicted molar refractivity (Wildman–Crippen MR) is 119 cm³/mol. The summed E-state index contributed by atoms with van der Waals surface area (Å²) in [6.07, 6.45) is 13.5. The van der Waals surface area contributed by atoms with Gasteiger partial charge in [-0.15, -0.1) is 0 Å². The first kappa shape index (κ1) is 21.6. The van der Waals surface area contributed by atoms with Crippen LogP contribution in [0, 0.1) is 46.3 Å². The van der Waals surface area contributed by atoms with E-state index in [1.165, 1.54) is 44.9 Å². The Kier molecular flexibility index (Phi) is 5.82. The molecule has 2 heteroatoms. The van der Waals surface area contributed by atoms with Crippen molar-refractivity contribution in [3.8, 4) is 0 Å². The molecule has 0 aromatic carbocycles. The third-order valence-electron chi connectivity index (χ3n) is 10.2. The van der Waals surface area contributed by atoms with Crippen LogP contribution >= 0.6 is 0 Å². The maximum absolute atomic E-state index is 12.1. The molecule has 0 radical (unpaired) electrons. The molecule has 4 rings (SSSR count). The van der Waals surface area contributed by atoms with Gasteiger partial charge in [-0.25, -0.2) is 0 Å². The van der Waals surface area contributed by atoms with E-state index in [1.807, 2.05) is 6.08 Å². The van der Waals surface area contributed by atoms with Crippen LogP contribution in [0.5, 0.6) is 0 Å². The van der Waals surface area contributed by atoms with Crippen LogP contribution < -0.4 is 0 Å². The van der Waals surface area contributed by atoms with Gasteiger partial charge in [0.15, 0.2) is 5.78 Å². The largest absolute Gasteiger partial charge is 0.389 e. The Labute approximate surface area is 178 Å². The molecule has 0 amide bonds. The summed E-state index contributed by atoms with van der Waals surface area (Å²) in [6.45, 7) is 12.2. The smallest absolute Gasteiger partial charge is 0.155 e. The normalized spacial score (nSPS) is 45.4. The van der Waals surface area contributed by atoms with Crippen LogP contribution in [0.4, 0.5) is 0 Å². The van der Waals surface area contributed by atoms with Gasteiger partial charge in [-0.1, -0.05) is 53.9 Å². The van der Waals surface area contributed by atoms with E-state index in [1.54, 1.807) is 0 Å². The molecule has 3 fully saturated rings. The maximum Gasteiger partial charge on any atom is 0.155 e. The molecule has 4 aliphatic rings. The van der Waals surface area contributed by atoms with Crippen LogP contribution in [-0.2, 0) is 4.79 Å². The SMILES string of the molecule is CC(C)CCC[C@H](C)[C@H]1CC[C@H]2[C@@H]3C[C@@H](O)C4=CC(=O)CC[C@]4(C)[C@H]3CC[C@]12C. The minimum atomic E-state index is -0.393. The number of hydrogen-bond donors (Lipinski definition) is 1. The molecule has 0 bridgehead atoms. The molecule has 1 N–H and O–H groups in total. The number of carbonyl (C=O) groups excluding carboxylic acids is 1. The zero-order valence-electron chi connectivity index (χ0n) is 19.5. The first-order valence-corrected chi connectivity index (χ1v) is 12.6. The molecule has 0 unspecified atom stereocenters. The third kappa shape index (κ3) is 3.56. The Bertz CT molecular complexity index is 663. The van der Waals surface area contributed by atoms with Crippen molar-refractivity contribution in [2.45, 2.75) is 105 Å². The van der Waals surface area contributed by atoms with Crippen molar-refractivity contribution in [3.05, 3.63) is 11.6 Å². The summed E-state index contributed by atoms with van der Waals surface area (Å²) >= 11 is 0. The highest BCUT2D eigenvalue weighted by atomic mass is 16.3. The second-order valence-corrected chi connectivity index (χ2v) is 12.1. The Hall–Kier alpha value is -0.630. The van der Waals surface area contributed by atoms with Crippen molar-refractivity contribution in [3.63, 3.8) is 0 Å². The molecular weight excluding hydrogens is 356 g/mol. The summed E-state index contributed by atoms with van der Waals surface area (Å²) < 4.78 is 0. The number of fused-ring (bicyclic) bond motifs is 5. The number of carbonyl (C=O) groups is 1. The molecule has 2 nitrogen and oxygen atoms in total. The van der Waals surface area contributed by atoms with E-state index in [0.29, 0.717) is 23.7 Å². The number of hydrogen-bond acceptors (Lipinski definition) is 2. The van der Waals surface area contributed by atoms with E-state index in [4.69, 9.17) is 0 Å². The summed E-state index contributed by atoms with van der Waals surface area (Å²) in [5.41, 5.74) is 1.59. The van der Waals surface area contributed by atoms with Crippen molar-refractivity contribution in [1.29, 1.82) is 0 Å². The van der Waals surface area contributed by atoms with Crippen LogP contribution in [0.2, 0.25) is 0 Å². The lowest BCUT2D eigenvalue weighted by Crippen LogP contribution is -2.54. The molecule has 29 heavy (non-hydrogen) atoms. The lowest BCUT2D eigenvalue weighted by Gasteiger charge is -2.59. The standard InChI is InChI=1S/C27H44O2/c1-17(2)7-6-8-18(3)21-9-10-22-20-16-25(29)24-15-19(28)11-13-27(24,5)23(20)12-14-26(21,22)4/h15,17-18,20-23,25,29H,6-14,16H2,1-5H3/t18-,20-,21+,22-,23-,25+,26+,27+/m0/s1. The number of ketones is 1. The molecular formula is C27H44O2. The van der Waals surface area contributed by atoms with Crippen LogP contribution in [0.3, 0.4) is 0 Å². The van der Waals surface area contributed by atoms with Crippen molar-refractivity contribution in [2.24, 2.45) is 46.3 Å². The monoisotopic (exact) mass is 400 g/mol. The fourth-order valence-electron chi connectivity index (χ4n) is 8.63. The van der Waals surface area contributed by atoms with Crippen LogP contribution in [0.15, 0.2) is 11.6 Å². The van der Waals surface area contributed by atoms with Gasteiger partial charge in [0, 0.05) is 6.42 Å². The van der Waals surface area contributed by atoms with E-state index in [-0.39, 0.29) is 11.2 Å². The second kappa shape index (κ2) is 7.81. The molecule has 0 aromatic rings. The van der Waals surface area contributed by atoms with E-state index in [0.717, 1.165) is 42.1 Å². The van der Waals surface area contributed by atoms with E-state index in [2.05, 4.69) is 34.6 Å². The van der Waals surface area contributed by atoms with Gasteiger partial charge in [0.1, 0.15) is 0 Å². The summed E-state index contributed by atoms with van der Waals surface area (Å²) in [6, 6.07) is 0. The average molecular weight is 401 g/mol. The lowest BCUT2D eigenvalue weighted by atomic mass is 9.46. The van der Waals surface area contributed by atoms with Gasteiger partial charge < -0.3 is 5.11 Å². The predicted octanol–water partition coefficient (Wildman–Crippen LogP) is 6.57. The molecule has 0 aliphatic heterocycles. The average Bonchev–Trinajstić information content (AvgIpc) is 3.00. The quantitative estimate of drug-likeness (QED) is 0.567. The molecule has 0 heterocycles. The first-order chi connectivity index (χ1) is 13.7. The minimum absolute atomic E-state index is 0.0541. The van der Waals surface area contributed by atoms with Gasteiger partial charge in [0.25, 0.3) is 0 Å². The zero-order chi connectivity index (χ0) is 21.0. The van der Waals surface area contributed by atoms with Crippen LogP contribution in [-0.4, -0.2) is 17.0 Å². The Morgan fingerprint density at radius 3 is 2.55 bits per heavy atom. The highest BCUT2D eigenvalue weighted by Crippen LogP contribution is 2.67. The molecule has 164 valence electrons. The zero-order valence-corrected chi connectivity index (χ0v) is 19.5. The molecule has 0 aromatic heterocycles. The number of rotatable bonds is 5. The molecule has 8 atom stereocenters. The topological polar surface area (TPSA) is 37.3 Å². The minimum Gasteiger partial charge on any atom is -0.389 e. The molecule has 3 saturated carbocycles. The molecule has 0 saturated heterocycles. The van der Waals surface area contributed by atoms with Crippen molar-refractivity contribution < 1.29 is 9.90 Å². The van der Waals surface area contributed by atoms with Crippen molar-refractivity contribution >= 4 is 5.78 Å². The summed E-state index contributed by atoms with van der Waals surface area (Å²) in [4.78, 5) is 12.1. The second-order valence-electron chi connectivity index (χ2n) is 12.1. The van der Waals surface area contributed by atoms with Gasteiger partial charge in [0.05, 0.1) is 6.10 Å². The highest BCUT2D eigenvalue weighted by molar-refractivity contribution is 5.91. The van der Waals surface area contributed by atoms with Crippen molar-refractivity contribution in [1.82, 2.24) is 0 Å². The maximum atomic E-state index is 12.1. The van der Waals surface area contributed by atoms with Gasteiger partial charge in [0.2, 0.25) is 0 Å². The fraction of sp³-hybridized carbons (Fsp3) is 0.889. The summed E-state index contributed by atoms with van der Waals surface area (Å²) in [7, 11) is 0. The van der Waals surface area contributed by atoms with Gasteiger partial charge in [-0.05, 0) is 96.5 Å². The number of aliphatic hydroxyl groups is 1. The van der Waals surface area contributed by atoms with Gasteiger partial charge in [-0.3, -0.25) is 4.79 Å². The van der Waals surface area contributed by atoms with E-state index in [9.17, 15) is 9.90 Å². The Morgan fingerprint density at radius 2 is 1.83 bits per heavy atom. The Morgan fingerprint density at radius 1 is 1.07 bits per heavy atom. The highest BCUT2D eigenvalue weighted by Gasteiger charge is 2.60. The molecule has 0 spiro atoms. The third-order valence-corrected chi connectivity index (χ3v) is 10.2. The van der Waals surface area contributed by atoms with Gasteiger partial charge in [-0.2, -0.15) is 0 Å². The fourth-order valence-corrected chi connectivity index (χ4v) is 8.63. The van der Waals surface area contributed by atoms with Crippen molar-refractivity contribution in [2.75, 3.05) is 0 Å². The van der Waals surface area contributed by atoms with E-state index < -0.39 is 6.10 Å². The number of aliphatic hydroxyl groups excluding tert-OH is 1. The summed E-state index contributed by atoms with van der Waals surface area (Å²) in [5.74, 6) is 4.81. The van der Waals surface area contributed by atoms with E-state index >= 15 is 0 Å². The van der Waals surface area contributed by atoms with Crippen LogP contribution in [0.1, 0.15) is 98.8 Å². The van der Waals surface area contributed by atoms with Gasteiger partial charge >= 0.3 is 0 Å². The Balaban J connectivity index is 1.53. The summed E-state index contributed by atoms with van der Waals surface area (Å²) in [5, 5.41) is 11.1. The molecule has 4 aliphatic carbocycles. The first-order valence-electron chi connectivity index (χ1n) is 12.6. The van der Waals surface area contributed by atoms with Crippen LogP contribution in [0.25, 0.3) is 0 Å².